The lowest BCUT2D eigenvalue weighted by Crippen LogP contribution is -2.42. The van der Waals surface area contributed by atoms with Crippen molar-refractivity contribution in [3.05, 3.63) is 84.0 Å². The summed E-state index contributed by atoms with van der Waals surface area (Å²) >= 11 is 0. The molecule has 2 aromatic carbocycles. The van der Waals surface area contributed by atoms with Gasteiger partial charge in [0.05, 0.1) is 6.61 Å². The van der Waals surface area contributed by atoms with Crippen molar-refractivity contribution in [2.45, 2.75) is 78.4 Å². The fourth-order valence-electron chi connectivity index (χ4n) is 3.81. The quantitative estimate of drug-likeness (QED) is 0.164. The highest BCUT2D eigenvalue weighted by Gasteiger charge is 2.36. The third kappa shape index (κ3) is 7.13. The molecular formula is C32H42O6. The first-order valence-corrected chi connectivity index (χ1v) is 12.9. The van der Waals surface area contributed by atoms with Crippen LogP contribution < -0.4 is 9.47 Å². The van der Waals surface area contributed by atoms with E-state index in [1.165, 1.54) is 6.08 Å². The van der Waals surface area contributed by atoms with Crippen LogP contribution in [0.1, 0.15) is 70.2 Å². The Kier molecular flexibility index (Phi) is 10.1. The molecule has 0 aliphatic carbocycles. The van der Waals surface area contributed by atoms with Gasteiger partial charge in [0.15, 0.2) is 5.60 Å². The van der Waals surface area contributed by atoms with Gasteiger partial charge in [0.25, 0.3) is 0 Å². The van der Waals surface area contributed by atoms with Gasteiger partial charge in [-0.3, -0.25) is 0 Å². The molecule has 6 heteroatoms. The van der Waals surface area contributed by atoms with E-state index in [-0.39, 0.29) is 18.6 Å². The normalized spacial score (nSPS) is 13.3. The molecule has 6 nitrogen and oxygen atoms in total. The molecule has 0 fully saturated rings. The van der Waals surface area contributed by atoms with Crippen LogP contribution in [0.5, 0.6) is 11.5 Å². The standard InChI is InChI=1S/C32H42O6/c1-11-18-35-29(34)32(10,13-3)38-27-17-15-25(21-23(27)5)30(6,7)24-14-16-26(22(4)20-24)37-28(33)31(8,9)36-19-12-2/h11-12,14-17,20-21H,1-2,13,18-19H2,3-10H3. The monoisotopic (exact) mass is 522 g/mol. The summed E-state index contributed by atoms with van der Waals surface area (Å²) in [6.07, 6.45) is 3.59. The van der Waals surface area contributed by atoms with Crippen molar-refractivity contribution in [2.75, 3.05) is 13.2 Å². The fraction of sp³-hybridized carbons (Fsp3) is 0.438. The molecule has 2 aromatic rings. The van der Waals surface area contributed by atoms with Gasteiger partial charge in [0, 0.05) is 5.41 Å². The molecule has 0 bridgehead atoms. The molecule has 1 atom stereocenters. The van der Waals surface area contributed by atoms with E-state index in [4.69, 9.17) is 18.9 Å². The minimum absolute atomic E-state index is 0.141. The number of hydrogen-bond donors (Lipinski definition) is 0. The molecule has 2 rings (SSSR count). The lowest BCUT2D eigenvalue weighted by Gasteiger charge is -2.30. The molecule has 0 amide bonds. The maximum Gasteiger partial charge on any atom is 0.350 e. The number of hydrogen-bond acceptors (Lipinski definition) is 6. The van der Waals surface area contributed by atoms with E-state index < -0.39 is 23.1 Å². The van der Waals surface area contributed by atoms with E-state index in [1.807, 2.05) is 51.1 Å². The second kappa shape index (κ2) is 12.4. The van der Waals surface area contributed by atoms with E-state index in [2.05, 4.69) is 33.1 Å². The SMILES string of the molecule is C=CCOC(=O)C(C)(CC)Oc1ccc(C(C)(C)c2ccc(OC(=O)C(C)(C)OCC=C)c(C)c2)cc1C. The Labute approximate surface area is 227 Å². The number of benzene rings is 2. The second-order valence-electron chi connectivity index (χ2n) is 10.7. The Morgan fingerprint density at radius 1 is 0.816 bits per heavy atom. The Bertz CT molecular complexity index is 1180. The highest BCUT2D eigenvalue weighted by atomic mass is 16.6. The molecule has 0 heterocycles. The van der Waals surface area contributed by atoms with Gasteiger partial charge >= 0.3 is 11.9 Å². The number of esters is 2. The zero-order chi connectivity index (χ0) is 28.7. The molecule has 0 radical (unpaired) electrons. The average Bonchev–Trinajstić information content (AvgIpc) is 2.87. The number of carbonyl (C=O) groups excluding carboxylic acids is 2. The van der Waals surface area contributed by atoms with Crippen LogP contribution in [0.25, 0.3) is 0 Å². The lowest BCUT2D eigenvalue weighted by atomic mass is 9.77. The van der Waals surface area contributed by atoms with Crippen LogP contribution in [0, 0.1) is 13.8 Å². The van der Waals surface area contributed by atoms with E-state index >= 15 is 0 Å². The Morgan fingerprint density at radius 3 is 1.82 bits per heavy atom. The maximum atomic E-state index is 12.7. The van der Waals surface area contributed by atoms with E-state index in [9.17, 15) is 9.59 Å². The zero-order valence-electron chi connectivity index (χ0n) is 24.1. The summed E-state index contributed by atoms with van der Waals surface area (Å²) in [5, 5.41) is 0. The van der Waals surface area contributed by atoms with Gasteiger partial charge in [0.1, 0.15) is 18.1 Å². The largest absolute Gasteiger partial charge is 0.476 e. The molecule has 0 saturated carbocycles. The van der Waals surface area contributed by atoms with Crippen LogP contribution >= 0.6 is 0 Å². The maximum absolute atomic E-state index is 12.7. The van der Waals surface area contributed by atoms with Crippen molar-refractivity contribution >= 4 is 11.9 Å². The fourth-order valence-corrected chi connectivity index (χ4v) is 3.81. The summed E-state index contributed by atoms with van der Waals surface area (Å²) in [4.78, 5) is 25.2. The highest BCUT2D eigenvalue weighted by Crippen LogP contribution is 2.37. The summed E-state index contributed by atoms with van der Waals surface area (Å²) in [6.45, 7) is 22.7. The number of aryl methyl sites for hydroxylation is 2. The summed E-state index contributed by atoms with van der Waals surface area (Å²) in [7, 11) is 0. The molecular weight excluding hydrogens is 480 g/mol. The van der Waals surface area contributed by atoms with Gasteiger partial charge in [-0.05, 0) is 75.4 Å². The predicted molar refractivity (Wildman–Crippen MR) is 151 cm³/mol. The first kappa shape index (κ1) is 30.8. The Morgan fingerprint density at radius 2 is 1.34 bits per heavy atom. The van der Waals surface area contributed by atoms with Gasteiger partial charge in [-0.15, -0.1) is 6.58 Å². The third-order valence-corrected chi connectivity index (χ3v) is 6.82. The molecule has 0 spiro atoms. The van der Waals surface area contributed by atoms with Gasteiger partial charge < -0.3 is 18.9 Å². The third-order valence-electron chi connectivity index (χ3n) is 6.82. The van der Waals surface area contributed by atoms with E-state index in [0.29, 0.717) is 17.9 Å². The summed E-state index contributed by atoms with van der Waals surface area (Å²) < 4.78 is 22.6. The first-order chi connectivity index (χ1) is 17.7. The van der Waals surface area contributed by atoms with Crippen molar-refractivity contribution in [3.63, 3.8) is 0 Å². The average molecular weight is 523 g/mol. The van der Waals surface area contributed by atoms with Crippen LogP contribution in [-0.4, -0.2) is 36.4 Å². The van der Waals surface area contributed by atoms with E-state index in [0.717, 1.165) is 22.3 Å². The number of rotatable bonds is 13. The molecule has 0 N–H and O–H groups in total. The van der Waals surface area contributed by atoms with Crippen LogP contribution in [0.4, 0.5) is 0 Å². The smallest absolute Gasteiger partial charge is 0.350 e. The molecule has 0 aliphatic rings. The molecule has 206 valence electrons. The zero-order valence-corrected chi connectivity index (χ0v) is 24.1. The van der Waals surface area contributed by atoms with Crippen molar-refractivity contribution in [1.29, 1.82) is 0 Å². The van der Waals surface area contributed by atoms with Gasteiger partial charge in [-0.2, -0.15) is 0 Å². The number of ether oxygens (including phenoxy) is 4. The molecule has 0 aliphatic heterocycles. The van der Waals surface area contributed by atoms with Crippen LogP contribution in [-0.2, 0) is 24.5 Å². The highest BCUT2D eigenvalue weighted by molar-refractivity contribution is 5.81. The topological polar surface area (TPSA) is 71.1 Å². The Hall–Kier alpha value is -3.38. The predicted octanol–water partition coefficient (Wildman–Crippen LogP) is 6.79. The second-order valence-corrected chi connectivity index (χ2v) is 10.7. The van der Waals surface area contributed by atoms with Crippen LogP contribution in [0.15, 0.2) is 61.7 Å². The minimum atomic E-state index is -1.10. The molecule has 1 unspecified atom stereocenters. The summed E-state index contributed by atoms with van der Waals surface area (Å²) in [6, 6.07) is 11.8. The lowest BCUT2D eigenvalue weighted by molar-refractivity contribution is -0.159. The van der Waals surface area contributed by atoms with Crippen LogP contribution in [0.3, 0.4) is 0 Å². The van der Waals surface area contributed by atoms with Gasteiger partial charge in [-0.1, -0.05) is 63.8 Å². The summed E-state index contributed by atoms with van der Waals surface area (Å²) in [5.41, 5.74) is 1.37. The Balaban J connectivity index is 2.27. The first-order valence-electron chi connectivity index (χ1n) is 12.9. The molecule has 0 saturated heterocycles. The van der Waals surface area contributed by atoms with Gasteiger partial charge in [0.2, 0.25) is 5.60 Å². The van der Waals surface area contributed by atoms with Crippen molar-refractivity contribution in [3.8, 4) is 11.5 Å². The molecule has 38 heavy (non-hydrogen) atoms. The van der Waals surface area contributed by atoms with Crippen molar-refractivity contribution < 1.29 is 28.5 Å². The number of carbonyl (C=O) groups is 2. The van der Waals surface area contributed by atoms with E-state index in [1.54, 1.807) is 26.8 Å². The van der Waals surface area contributed by atoms with Crippen LogP contribution in [0.2, 0.25) is 0 Å². The molecule has 0 aromatic heterocycles. The van der Waals surface area contributed by atoms with Gasteiger partial charge in [-0.25, -0.2) is 9.59 Å². The summed E-state index contributed by atoms with van der Waals surface area (Å²) in [5.74, 6) is 0.236. The minimum Gasteiger partial charge on any atom is -0.476 e. The van der Waals surface area contributed by atoms with Crippen molar-refractivity contribution in [1.82, 2.24) is 0 Å². The van der Waals surface area contributed by atoms with Crippen molar-refractivity contribution in [2.24, 2.45) is 0 Å².